The van der Waals surface area contributed by atoms with Crippen LogP contribution in [-0.2, 0) is 14.8 Å². The standard InChI is InChI=1S/C13H20N2O4S/c1-3-14-13(16)9-10-15-20(17,18)12-7-5-11(6-8-12)19-4-2/h5-8,15H,3-4,9-10H2,1-2H3,(H,14,16). The van der Waals surface area contributed by atoms with Crippen LogP contribution in [0.1, 0.15) is 20.3 Å². The third-order valence-electron chi connectivity index (χ3n) is 2.46. The summed E-state index contributed by atoms with van der Waals surface area (Å²) in [6, 6.07) is 6.14. The van der Waals surface area contributed by atoms with Crippen LogP contribution >= 0.6 is 0 Å². The number of nitrogens with one attached hydrogen (secondary N) is 2. The third-order valence-corrected chi connectivity index (χ3v) is 3.94. The Bertz CT molecular complexity index is 526. The fourth-order valence-electron chi connectivity index (χ4n) is 1.55. The Labute approximate surface area is 119 Å². The molecule has 0 saturated carbocycles. The Morgan fingerprint density at radius 2 is 1.85 bits per heavy atom. The lowest BCUT2D eigenvalue weighted by molar-refractivity contribution is -0.120. The fourth-order valence-corrected chi connectivity index (χ4v) is 2.58. The molecule has 112 valence electrons. The van der Waals surface area contributed by atoms with Crippen LogP contribution < -0.4 is 14.8 Å². The van der Waals surface area contributed by atoms with Crippen molar-refractivity contribution < 1.29 is 17.9 Å². The second-order valence-corrected chi connectivity index (χ2v) is 5.77. The maximum Gasteiger partial charge on any atom is 0.240 e. The zero-order valence-electron chi connectivity index (χ0n) is 11.7. The molecular formula is C13H20N2O4S. The van der Waals surface area contributed by atoms with Crippen molar-refractivity contribution in [1.82, 2.24) is 10.0 Å². The van der Waals surface area contributed by atoms with Crippen molar-refractivity contribution in [1.29, 1.82) is 0 Å². The maximum absolute atomic E-state index is 12.0. The van der Waals surface area contributed by atoms with Crippen LogP contribution in [0.2, 0.25) is 0 Å². The van der Waals surface area contributed by atoms with E-state index in [-0.39, 0.29) is 23.8 Å². The molecule has 0 aliphatic carbocycles. The van der Waals surface area contributed by atoms with Gasteiger partial charge in [-0.15, -0.1) is 0 Å². The maximum atomic E-state index is 12.0. The second-order valence-electron chi connectivity index (χ2n) is 4.01. The first-order valence-electron chi connectivity index (χ1n) is 6.48. The molecule has 0 aliphatic rings. The lowest BCUT2D eigenvalue weighted by atomic mass is 10.3. The average molecular weight is 300 g/mol. The van der Waals surface area contributed by atoms with Crippen molar-refractivity contribution in [2.75, 3.05) is 19.7 Å². The zero-order valence-corrected chi connectivity index (χ0v) is 12.5. The normalized spacial score (nSPS) is 11.1. The van der Waals surface area contributed by atoms with Gasteiger partial charge in [0.05, 0.1) is 11.5 Å². The van der Waals surface area contributed by atoms with Crippen molar-refractivity contribution in [3.05, 3.63) is 24.3 Å². The molecule has 1 rings (SSSR count). The third kappa shape index (κ3) is 5.18. The Morgan fingerprint density at radius 3 is 2.40 bits per heavy atom. The Morgan fingerprint density at radius 1 is 1.20 bits per heavy atom. The molecule has 0 saturated heterocycles. The van der Waals surface area contributed by atoms with Crippen LogP contribution in [0, 0.1) is 0 Å². The summed E-state index contributed by atoms with van der Waals surface area (Å²) in [4.78, 5) is 11.4. The molecular weight excluding hydrogens is 280 g/mol. The zero-order chi connectivity index (χ0) is 15.0. The van der Waals surface area contributed by atoms with Crippen molar-refractivity contribution in [2.24, 2.45) is 0 Å². The van der Waals surface area contributed by atoms with E-state index in [4.69, 9.17) is 4.74 Å². The average Bonchev–Trinajstić information content (AvgIpc) is 2.40. The number of carbonyl (C=O) groups is 1. The number of rotatable bonds is 8. The van der Waals surface area contributed by atoms with Gasteiger partial charge in [-0.2, -0.15) is 0 Å². The summed E-state index contributed by atoms with van der Waals surface area (Å²) in [5.74, 6) is 0.440. The summed E-state index contributed by atoms with van der Waals surface area (Å²) in [5.41, 5.74) is 0. The highest BCUT2D eigenvalue weighted by Gasteiger charge is 2.14. The molecule has 0 aliphatic heterocycles. The van der Waals surface area contributed by atoms with E-state index in [2.05, 4.69) is 10.0 Å². The van der Waals surface area contributed by atoms with Crippen molar-refractivity contribution >= 4 is 15.9 Å². The minimum atomic E-state index is -3.59. The minimum Gasteiger partial charge on any atom is -0.494 e. The van der Waals surface area contributed by atoms with E-state index < -0.39 is 10.0 Å². The molecule has 0 radical (unpaired) electrons. The van der Waals surface area contributed by atoms with Crippen LogP contribution in [0.5, 0.6) is 5.75 Å². The molecule has 0 spiro atoms. The predicted molar refractivity (Wildman–Crippen MR) is 76.1 cm³/mol. The van der Waals surface area contributed by atoms with E-state index in [9.17, 15) is 13.2 Å². The summed E-state index contributed by atoms with van der Waals surface area (Å²) in [5, 5.41) is 2.60. The highest BCUT2D eigenvalue weighted by Crippen LogP contribution is 2.15. The topological polar surface area (TPSA) is 84.5 Å². The van der Waals surface area contributed by atoms with Crippen molar-refractivity contribution in [2.45, 2.75) is 25.2 Å². The van der Waals surface area contributed by atoms with Gasteiger partial charge in [-0.05, 0) is 38.1 Å². The van der Waals surface area contributed by atoms with Crippen LogP contribution in [0.3, 0.4) is 0 Å². The van der Waals surface area contributed by atoms with E-state index in [1.54, 1.807) is 12.1 Å². The highest BCUT2D eigenvalue weighted by molar-refractivity contribution is 7.89. The highest BCUT2D eigenvalue weighted by atomic mass is 32.2. The second kappa shape index (κ2) is 7.86. The fraction of sp³-hybridized carbons (Fsp3) is 0.462. The quantitative estimate of drug-likeness (QED) is 0.747. The number of sulfonamides is 1. The van der Waals surface area contributed by atoms with Gasteiger partial charge in [0.15, 0.2) is 0 Å². The first-order chi connectivity index (χ1) is 9.49. The lowest BCUT2D eigenvalue weighted by Crippen LogP contribution is -2.30. The summed E-state index contributed by atoms with van der Waals surface area (Å²) in [7, 11) is -3.59. The molecule has 0 heterocycles. The molecule has 0 fully saturated rings. The largest absolute Gasteiger partial charge is 0.494 e. The van der Waals surface area contributed by atoms with Crippen LogP contribution in [0.15, 0.2) is 29.2 Å². The summed E-state index contributed by atoms with van der Waals surface area (Å²) in [6.45, 7) is 4.79. The molecule has 6 nitrogen and oxygen atoms in total. The van der Waals surface area contributed by atoms with Gasteiger partial charge in [0.25, 0.3) is 0 Å². The van der Waals surface area contributed by atoms with E-state index in [1.165, 1.54) is 12.1 Å². The number of carbonyl (C=O) groups excluding carboxylic acids is 1. The van der Waals surface area contributed by atoms with Crippen molar-refractivity contribution in [3.8, 4) is 5.75 Å². The SMILES string of the molecule is CCNC(=O)CCNS(=O)(=O)c1ccc(OCC)cc1. The smallest absolute Gasteiger partial charge is 0.240 e. The number of hydrogen-bond acceptors (Lipinski definition) is 4. The molecule has 0 atom stereocenters. The molecule has 1 amide bonds. The Hall–Kier alpha value is -1.60. The van der Waals surface area contributed by atoms with Gasteiger partial charge < -0.3 is 10.1 Å². The van der Waals surface area contributed by atoms with Crippen LogP contribution in [-0.4, -0.2) is 34.0 Å². The van der Waals surface area contributed by atoms with Gasteiger partial charge in [-0.25, -0.2) is 13.1 Å². The molecule has 0 bridgehead atoms. The number of amides is 1. The summed E-state index contributed by atoms with van der Waals surface area (Å²) >= 11 is 0. The van der Waals surface area contributed by atoms with E-state index >= 15 is 0 Å². The van der Waals surface area contributed by atoms with E-state index in [0.717, 1.165) is 0 Å². The lowest BCUT2D eigenvalue weighted by Gasteiger charge is -2.08. The minimum absolute atomic E-state index is 0.0708. The van der Waals surface area contributed by atoms with Gasteiger partial charge in [-0.3, -0.25) is 4.79 Å². The van der Waals surface area contributed by atoms with Gasteiger partial charge in [0, 0.05) is 19.5 Å². The molecule has 7 heteroatoms. The van der Waals surface area contributed by atoms with Gasteiger partial charge >= 0.3 is 0 Å². The molecule has 0 unspecified atom stereocenters. The van der Waals surface area contributed by atoms with E-state index in [0.29, 0.717) is 18.9 Å². The van der Waals surface area contributed by atoms with Gasteiger partial charge in [0.2, 0.25) is 15.9 Å². The molecule has 1 aromatic rings. The predicted octanol–water partition coefficient (Wildman–Crippen LogP) is 0.890. The molecule has 20 heavy (non-hydrogen) atoms. The van der Waals surface area contributed by atoms with Gasteiger partial charge in [-0.1, -0.05) is 0 Å². The number of hydrogen-bond donors (Lipinski definition) is 2. The van der Waals surface area contributed by atoms with Crippen LogP contribution in [0.4, 0.5) is 0 Å². The number of benzene rings is 1. The molecule has 1 aromatic carbocycles. The molecule has 2 N–H and O–H groups in total. The number of ether oxygens (including phenoxy) is 1. The molecule has 0 aromatic heterocycles. The van der Waals surface area contributed by atoms with E-state index in [1.807, 2.05) is 13.8 Å². The van der Waals surface area contributed by atoms with Crippen LogP contribution in [0.25, 0.3) is 0 Å². The Balaban J connectivity index is 2.57. The first-order valence-corrected chi connectivity index (χ1v) is 7.97. The first kappa shape index (κ1) is 16.5. The Kier molecular flexibility index (Phi) is 6.47. The summed E-state index contributed by atoms with van der Waals surface area (Å²) < 4.78 is 31.5. The monoisotopic (exact) mass is 300 g/mol. The summed E-state index contributed by atoms with van der Waals surface area (Å²) in [6.07, 6.45) is 0.115. The van der Waals surface area contributed by atoms with Crippen molar-refractivity contribution in [3.63, 3.8) is 0 Å². The van der Waals surface area contributed by atoms with Gasteiger partial charge in [0.1, 0.15) is 5.75 Å².